The van der Waals surface area contributed by atoms with Crippen molar-refractivity contribution in [3.8, 4) is 11.1 Å². The Morgan fingerprint density at radius 1 is 0.545 bits per heavy atom. The second kappa shape index (κ2) is 7.05. The summed E-state index contributed by atoms with van der Waals surface area (Å²) < 4.78 is 2.59. The van der Waals surface area contributed by atoms with Crippen LogP contribution in [-0.4, -0.2) is 0 Å². The van der Waals surface area contributed by atoms with E-state index in [1.165, 1.54) is 53.6 Å². The van der Waals surface area contributed by atoms with Crippen LogP contribution in [0.15, 0.2) is 115 Å². The number of rotatable bonds is 2. The van der Waals surface area contributed by atoms with Crippen LogP contribution >= 0.6 is 22.9 Å². The molecule has 0 bridgehead atoms. The van der Waals surface area contributed by atoms with Crippen LogP contribution in [0.3, 0.4) is 0 Å². The van der Waals surface area contributed by atoms with Gasteiger partial charge in [0.05, 0.1) is 5.41 Å². The fourth-order valence-electron chi connectivity index (χ4n) is 5.75. The van der Waals surface area contributed by atoms with Gasteiger partial charge in [-0.1, -0.05) is 109 Å². The van der Waals surface area contributed by atoms with E-state index in [0.717, 1.165) is 5.02 Å². The minimum absolute atomic E-state index is 0.432. The third-order valence-electron chi connectivity index (χ3n) is 7.01. The monoisotopic (exact) mass is 458 g/mol. The van der Waals surface area contributed by atoms with Gasteiger partial charge in [-0.15, -0.1) is 11.3 Å². The van der Waals surface area contributed by atoms with Crippen molar-refractivity contribution in [3.05, 3.63) is 143 Å². The molecule has 0 fully saturated rings. The van der Waals surface area contributed by atoms with Crippen molar-refractivity contribution >= 4 is 43.1 Å². The SMILES string of the molecule is Clc1cc(C2(c3ccccc3)c3ccccc3-c3ccccc32)c2sc3ccccc3c2c1. The molecule has 0 spiro atoms. The van der Waals surface area contributed by atoms with Gasteiger partial charge in [0.2, 0.25) is 0 Å². The number of fused-ring (bicyclic) bond motifs is 6. The van der Waals surface area contributed by atoms with Gasteiger partial charge in [-0.2, -0.15) is 0 Å². The quantitative estimate of drug-likeness (QED) is 0.242. The lowest BCUT2D eigenvalue weighted by molar-refractivity contribution is 0.778. The first-order valence-electron chi connectivity index (χ1n) is 11.1. The van der Waals surface area contributed by atoms with Gasteiger partial charge in [-0.3, -0.25) is 0 Å². The Bertz CT molecular complexity index is 1630. The van der Waals surface area contributed by atoms with Gasteiger partial charge in [-0.25, -0.2) is 0 Å². The highest BCUT2D eigenvalue weighted by Gasteiger charge is 2.47. The fourth-order valence-corrected chi connectivity index (χ4v) is 7.22. The van der Waals surface area contributed by atoms with E-state index in [0.29, 0.717) is 0 Å². The van der Waals surface area contributed by atoms with E-state index in [9.17, 15) is 0 Å². The van der Waals surface area contributed by atoms with Crippen LogP contribution in [0, 0.1) is 0 Å². The summed E-state index contributed by atoms with van der Waals surface area (Å²) in [6, 6.07) is 41.6. The molecule has 0 unspecified atom stereocenters. The third kappa shape index (κ3) is 2.52. The van der Waals surface area contributed by atoms with Crippen LogP contribution in [0.1, 0.15) is 22.3 Å². The van der Waals surface area contributed by atoms with Gasteiger partial charge in [0.15, 0.2) is 0 Å². The predicted molar refractivity (Wildman–Crippen MR) is 142 cm³/mol. The molecule has 0 nitrogen and oxygen atoms in total. The molecule has 0 N–H and O–H groups in total. The molecule has 0 atom stereocenters. The molecule has 33 heavy (non-hydrogen) atoms. The van der Waals surface area contributed by atoms with Crippen LogP contribution in [0.4, 0.5) is 0 Å². The minimum atomic E-state index is -0.432. The maximum absolute atomic E-state index is 6.87. The van der Waals surface area contributed by atoms with Crippen molar-refractivity contribution in [2.24, 2.45) is 0 Å². The molecule has 6 aromatic rings. The zero-order valence-corrected chi connectivity index (χ0v) is 19.3. The maximum Gasteiger partial charge on any atom is 0.0727 e. The van der Waals surface area contributed by atoms with E-state index < -0.39 is 5.41 Å². The summed E-state index contributed by atoms with van der Waals surface area (Å²) in [5, 5.41) is 3.28. The Labute approximate surface area is 201 Å². The summed E-state index contributed by atoms with van der Waals surface area (Å²) in [7, 11) is 0. The Kier molecular flexibility index (Phi) is 4.08. The number of halogens is 1. The van der Waals surface area contributed by atoms with E-state index >= 15 is 0 Å². The van der Waals surface area contributed by atoms with Gasteiger partial charge in [0.25, 0.3) is 0 Å². The second-order valence-electron chi connectivity index (χ2n) is 8.64. The zero-order chi connectivity index (χ0) is 22.0. The molecule has 0 aliphatic heterocycles. The molecule has 1 aromatic heterocycles. The van der Waals surface area contributed by atoms with Crippen LogP contribution in [-0.2, 0) is 5.41 Å². The first kappa shape index (κ1) is 19.1. The molecule has 0 saturated carbocycles. The van der Waals surface area contributed by atoms with Crippen molar-refractivity contribution < 1.29 is 0 Å². The summed E-state index contributed by atoms with van der Waals surface area (Å²) in [4.78, 5) is 0. The normalized spacial score (nSPS) is 13.8. The summed E-state index contributed by atoms with van der Waals surface area (Å²) in [5.41, 5.74) is 7.32. The lowest BCUT2D eigenvalue weighted by Crippen LogP contribution is -2.28. The molecule has 156 valence electrons. The number of thiophene rings is 1. The first-order chi connectivity index (χ1) is 16.3. The largest absolute Gasteiger partial charge is 0.135 e. The van der Waals surface area contributed by atoms with Crippen LogP contribution in [0.2, 0.25) is 5.02 Å². The van der Waals surface area contributed by atoms with E-state index in [4.69, 9.17) is 11.6 Å². The molecular weight excluding hydrogens is 440 g/mol. The van der Waals surface area contributed by atoms with E-state index in [1.54, 1.807) is 0 Å². The van der Waals surface area contributed by atoms with E-state index in [-0.39, 0.29) is 0 Å². The van der Waals surface area contributed by atoms with E-state index in [1.807, 2.05) is 11.3 Å². The van der Waals surface area contributed by atoms with E-state index in [2.05, 4.69) is 115 Å². The third-order valence-corrected chi connectivity index (χ3v) is 8.44. The number of hydrogen-bond donors (Lipinski definition) is 0. The number of benzene rings is 5. The summed E-state index contributed by atoms with van der Waals surface area (Å²) >= 11 is 8.74. The van der Waals surface area contributed by atoms with Crippen LogP contribution < -0.4 is 0 Å². The summed E-state index contributed by atoms with van der Waals surface area (Å²) in [6.07, 6.45) is 0. The highest BCUT2D eigenvalue weighted by molar-refractivity contribution is 7.26. The van der Waals surface area contributed by atoms with Crippen LogP contribution in [0.25, 0.3) is 31.3 Å². The van der Waals surface area contributed by atoms with Crippen molar-refractivity contribution in [3.63, 3.8) is 0 Å². The Morgan fingerprint density at radius 3 is 1.88 bits per heavy atom. The van der Waals surface area contributed by atoms with Crippen molar-refractivity contribution in [1.29, 1.82) is 0 Å². The standard InChI is InChI=1S/C31H19ClS/c32-21-18-25-24-14-6-9-17-29(24)33-30(25)28(19-21)31(20-10-2-1-3-11-20)26-15-7-4-12-22(26)23-13-5-8-16-27(23)31/h1-19H. The maximum atomic E-state index is 6.87. The molecule has 1 heterocycles. The lowest BCUT2D eigenvalue weighted by Gasteiger charge is -2.34. The van der Waals surface area contributed by atoms with Crippen molar-refractivity contribution in [2.75, 3.05) is 0 Å². The topological polar surface area (TPSA) is 0 Å². The number of hydrogen-bond acceptors (Lipinski definition) is 1. The molecule has 5 aromatic carbocycles. The lowest BCUT2D eigenvalue weighted by atomic mass is 9.67. The molecule has 1 aliphatic carbocycles. The van der Waals surface area contributed by atoms with Gasteiger partial charge in [-0.05, 0) is 51.6 Å². The fraction of sp³-hybridized carbons (Fsp3) is 0.0323. The second-order valence-corrected chi connectivity index (χ2v) is 10.1. The molecule has 2 heteroatoms. The highest BCUT2D eigenvalue weighted by Crippen LogP contribution is 2.58. The average Bonchev–Trinajstić information content (AvgIpc) is 3.38. The predicted octanol–water partition coefficient (Wildman–Crippen LogP) is 9.07. The highest BCUT2D eigenvalue weighted by atomic mass is 35.5. The zero-order valence-electron chi connectivity index (χ0n) is 17.8. The first-order valence-corrected chi connectivity index (χ1v) is 12.3. The smallest absolute Gasteiger partial charge is 0.0727 e. The molecule has 7 rings (SSSR count). The Balaban J connectivity index is 1.73. The molecule has 0 radical (unpaired) electrons. The van der Waals surface area contributed by atoms with Crippen molar-refractivity contribution in [2.45, 2.75) is 5.41 Å². The molecule has 0 saturated heterocycles. The average molecular weight is 459 g/mol. The van der Waals surface area contributed by atoms with Crippen molar-refractivity contribution in [1.82, 2.24) is 0 Å². The van der Waals surface area contributed by atoms with Gasteiger partial charge in [0, 0.05) is 25.2 Å². The van der Waals surface area contributed by atoms with Gasteiger partial charge >= 0.3 is 0 Å². The molecule has 1 aliphatic rings. The summed E-state index contributed by atoms with van der Waals surface area (Å²) in [6.45, 7) is 0. The van der Waals surface area contributed by atoms with Gasteiger partial charge < -0.3 is 0 Å². The minimum Gasteiger partial charge on any atom is -0.135 e. The molecule has 0 amide bonds. The Hall–Kier alpha value is -3.39. The molecular formula is C31H19ClS. The Morgan fingerprint density at radius 2 is 1.15 bits per heavy atom. The van der Waals surface area contributed by atoms with Crippen LogP contribution in [0.5, 0.6) is 0 Å². The van der Waals surface area contributed by atoms with Gasteiger partial charge in [0.1, 0.15) is 0 Å². The summed E-state index contributed by atoms with van der Waals surface area (Å²) in [5.74, 6) is 0.